The van der Waals surface area contributed by atoms with Crippen LogP contribution in [0.15, 0.2) is 54.6 Å². The molecule has 7 heteroatoms. The Hall–Kier alpha value is -3.61. The van der Waals surface area contributed by atoms with Gasteiger partial charge in [0.15, 0.2) is 5.69 Å². The number of rotatable bonds is 8. The summed E-state index contributed by atoms with van der Waals surface area (Å²) in [6, 6.07) is 16.6. The Morgan fingerprint density at radius 1 is 0.966 bits per heavy atom. The number of ether oxygens (including phenoxy) is 2. The van der Waals surface area contributed by atoms with E-state index in [0.717, 1.165) is 28.3 Å². The first kappa shape index (κ1) is 20.1. The van der Waals surface area contributed by atoms with Crippen molar-refractivity contribution in [3.63, 3.8) is 0 Å². The summed E-state index contributed by atoms with van der Waals surface area (Å²) in [5.74, 6) is 1.83. The molecule has 0 radical (unpaired) electrons. The standard InChI is InChI=1S/C22H24N4O3/c1-15-4-9-19(16(2)14-15)24-22(27)20-10-11-21(26-25-20)23-12-13-29-18-7-5-17(28-3)6-8-18/h4-11,14H,12-13H2,1-3H3,(H,23,26)(H,24,27). The van der Waals surface area contributed by atoms with Crippen molar-refractivity contribution in [2.75, 3.05) is 30.9 Å². The lowest BCUT2D eigenvalue weighted by Gasteiger charge is -2.10. The zero-order valence-electron chi connectivity index (χ0n) is 16.7. The highest BCUT2D eigenvalue weighted by molar-refractivity contribution is 6.03. The summed E-state index contributed by atoms with van der Waals surface area (Å²) in [7, 11) is 1.62. The molecule has 0 bridgehead atoms. The van der Waals surface area contributed by atoms with Gasteiger partial charge in [-0.1, -0.05) is 17.7 Å². The van der Waals surface area contributed by atoms with E-state index in [-0.39, 0.29) is 11.6 Å². The molecule has 3 aromatic rings. The van der Waals surface area contributed by atoms with Crippen LogP contribution in [0.3, 0.4) is 0 Å². The summed E-state index contributed by atoms with van der Waals surface area (Å²) >= 11 is 0. The molecular formula is C22H24N4O3. The Balaban J connectivity index is 1.47. The number of carbonyl (C=O) groups is 1. The number of anilines is 2. The third-order valence-corrected chi connectivity index (χ3v) is 4.26. The molecule has 2 aromatic carbocycles. The summed E-state index contributed by atoms with van der Waals surface area (Å²) in [5, 5.41) is 14.0. The lowest BCUT2D eigenvalue weighted by molar-refractivity contribution is 0.102. The normalized spacial score (nSPS) is 10.3. The third-order valence-electron chi connectivity index (χ3n) is 4.26. The molecule has 1 aromatic heterocycles. The molecule has 29 heavy (non-hydrogen) atoms. The van der Waals surface area contributed by atoms with Gasteiger partial charge in [0, 0.05) is 5.69 Å². The van der Waals surface area contributed by atoms with Crippen LogP contribution in [-0.2, 0) is 0 Å². The summed E-state index contributed by atoms with van der Waals surface area (Å²) in [6.45, 7) is 4.98. The maximum Gasteiger partial charge on any atom is 0.276 e. The van der Waals surface area contributed by atoms with Crippen LogP contribution in [0.5, 0.6) is 11.5 Å². The van der Waals surface area contributed by atoms with Gasteiger partial charge in [0.05, 0.1) is 13.7 Å². The van der Waals surface area contributed by atoms with Crippen molar-refractivity contribution in [2.24, 2.45) is 0 Å². The van der Waals surface area contributed by atoms with E-state index in [9.17, 15) is 4.79 Å². The summed E-state index contributed by atoms with van der Waals surface area (Å²) in [6.07, 6.45) is 0. The highest BCUT2D eigenvalue weighted by atomic mass is 16.5. The zero-order valence-corrected chi connectivity index (χ0v) is 16.7. The lowest BCUT2D eigenvalue weighted by atomic mass is 10.1. The fourth-order valence-electron chi connectivity index (χ4n) is 2.71. The molecule has 0 saturated carbocycles. The number of carbonyl (C=O) groups excluding carboxylic acids is 1. The van der Waals surface area contributed by atoms with Crippen LogP contribution in [0.1, 0.15) is 21.6 Å². The molecule has 0 aliphatic heterocycles. The molecule has 0 saturated heterocycles. The number of benzene rings is 2. The molecule has 0 aliphatic carbocycles. The van der Waals surface area contributed by atoms with Gasteiger partial charge in [-0.05, 0) is 61.9 Å². The van der Waals surface area contributed by atoms with E-state index < -0.39 is 0 Å². The molecule has 7 nitrogen and oxygen atoms in total. The second-order valence-electron chi connectivity index (χ2n) is 6.53. The van der Waals surface area contributed by atoms with Crippen molar-refractivity contribution in [3.05, 3.63) is 71.4 Å². The van der Waals surface area contributed by atoms with Crippen LogP contribution in [0.2, 0.25) is 0 Å². The van der Waals surface area contributed by atoms with Crippen molar-refractivity contribution in [3.8, 4) is 11.5 Å². The smallest absolute Gasteiger partial charge is 0.276 e. The number of methoxy groups -OCH3 is 1. The van der Waals surface area contributed by atoms with E-state index >= 15 is 0 Å². The molecule has 1 amide bonds. The summed E-state index contributed by atoms with van der Waals surface area (Å²) < 4.78 is 10.8. The molecule has 0 spiro atoms. The van der Waals surface area contributed by atoms with E-state index in [2.05, 4.69) is 20.8 Å². The van der Waals surface area contributed by atoms with Crippen LogP contribution in [0, 0.1) is 13.8 Å². The van der Waals surface area contributed by atoms with Crippen molar-refractivity contribution in [1.82, 2.24) is 10.2 Å². The number of hydrogen-bond donors (Lipinski definition) is 2. The first-order valence-electron chi connectivity index (χ1n) is 9.28. The van der Waals surface area contributed by atoms with Gasteiger partial charge < -0.3 is 20.1 Å². The number of nitrogens with one attached hydrogen (secondary N) is 2. The van der Waals surface area contributed by atoms with Gasteiger partial charge in [-0.15, -0.1) is 10.2 Å². The van der Waals surface area contributed by atoms with Crippen LogP contribution in [0.25, 0.3) is 0 Å². The molecule has 0 fully saturated rings. The maximum atomic E-state index is 12.4. The minimum atomic E-state index is -0.293. The predicted molar refractivity (Wildman–Crippen MR) is 113 cm³/mol. The first-order chi connectivity index (χ1) is 14.0. The third kappa shape index (κ3) is 5.68. The van der Waals surface area contributed by atoms with E-state index in [1.54, 1.807) is 19.2 Å². The molecule has 0 atom stereocenters. The Labute approximate surface area is 170 Å². The molecule has 0 unspecified atom stereocenters. The van der Waals surface area contributed by atoms with Crippen LogP contribution in [-0.4, -0.2) is 36.4 Å². The minimum absolute atomic E-state index is 0.255. The molecule has 2 N–H and O–H groups in total. The number of nitrogens with zero attached hydrogens (tertiary/aromatic N) is 2. The number of aryl methyl sites for hydroxylation is 2. The first-order valence-corrected chi connectivity index (χ1v) is 9.28. The summed E-state index contributed by atoms with van der Waals surface area (Å²) in [4.78, 5) is 12.4. The summed E-state index contributed by atoms with van der Waals surface area (Å²) in [5.41, 5.74) is 3.17. The van der Waals surface area contributed by atoms with E-state index in [1.165, 1.54) is 0 Å². The van der Waals surface area contributed by atoms with Gasteiger partial charge in [-0.25, -0.2) is 0 Å². The highest BCUT2D eigenvalue weighted by Crippen LogP contribution is 2.18. The van der Waals surface area contributed by atoms with E-state index in [4.69, 9.17) is 9.47 Å². The molecule has 3 rings (SSSR count). The molecule has 150 valence electrons. The average Bonchev–Trinajstić information content (AvgIpc) is 2.74. The Kier molecular flexibility index (Phi) is 6.63. The van der Waals surface area contributed by atoms with Gasteiger partial charge >= 0.3 is 0 Å². The maximum absolute atomic E-state index is 12.4. The Morgan fingerprint density at radius 2 is 1.72 bits per heavy atom. The second kappa shape index (κ2) is 9.54. The monoisotopic (exact) mass is 392 g/mol. The van der Waals surface area contributed by atoms with E-state index in [1.807, 2.05) is 56.3 Å². The topological polar surface area (TPSA) is 85.4 Å². The fraction of sp³-hybridized carbons (Fsp3) is 0.227. The largest absolute Gasteiger partial charge is 0.497 e. The van der Waals surface area contributed by atoms with Crippen molar-refractivity contribution >= 4 is 17.4 Å². The predicted octanol–water partition coefficient (Wildman–Crippen LogP) is 3.85. The van der Waals surface area contributed by atoms with Crippen LogP contribution >= 0.6 is 0 Å². The van der Waals surface area contributed by atoms with Gasteiger partial charge in [-0.3, -0.25) is 4.79 Å². The van der Waals surface area contributed by atoms with Crippen molar-refractivity contribution in [2.45, 2.75) is 13.8 Å². The SMILES string of the molecule is COc1ccc(OCCNc2ccc(C(=O)Nc3ccc(C)cc3C)nn2)cc1. The fourth-order valence-corrected chi connectivity index (χ4v) is 2.71. The minimum Gasteiger partial charge on any atom is -0.497 e. The Morgan fingerprint density at radius 3 is 2.38 bits per heavy atom. The quantitative estimate of drug-likeness (QED) is 0.567. The number of aromatic nitrogens is 2. The highest BCUT2D eigenvalue weighted by Gasteiger charge is 2.10. The number of hydrogen-bond acceptors (Lipinski definition) is 6. The Bertz CT molecular complexity index is 957. The zero-order chi connectivity index (χ0) is 20.6. The van der Waals surface area contributed by atoms with E-state index in [0.29, 0.717) is 19.0 Å². The molecular weight excluding hydrogens is 368 g/mol. The molecule has 0 aliphatic rings. The van der Waals surface area contributed by atoms with Gasteiger partial charge in [-0.2, -0.15) is 0 Å². The van der Waals surface area contributed by atoms with Crippen LogP contribution < -0.4 is 20.1 Å². The van der Waals surface area contributed by atoms with Crippen LogP contribution in [0.4, 0.5) is 11.5 Å². The number of amides is 1. The van der Waals surface area contributed by atoms with Gasteiger partial charge in [0.1, 0.15) is 23.9 Å². The van der Waals surface area contributed by atoms with Gasteiger partial charge in [0.2, 0.25) is 0 Å². The van der Waals surface area contributed by atoms with Crippen molar-refractivity contribution in [1.29, 1.82) is 0 Å². The second-order valence-corrected chi connectivity index (χ2v) is 6.53. The molecule has 1 heterocycles. The van der Waals surface area contributed by atoms with Gasteiger partial charge in [0.25, 0.3) is 5.91 Å². The lowest BCUT2D eigenvalue weighted by Crippen LogP contribution is -2.16. The average molecular weight is 392 g/mol. The van der Waals surface area contributed by atoms with Crippen molar-refractivity contribution < 1.29 is 14.3 Å².